The molecule has 0 spiro atoms. The van der Waals surface area contributed by atoms with Crippen molar-refractivity contribution in [1.82, 2.24) is 0 Å². The quantitative estimate of drug-likeness (QED) is 0.427. The van der Waals surface area contributed by atoms with Crippen LogP contribution in [0.4, 0.5) is 0 Å². The zero-order valence-corrected chi connectivity index (χ0v) is 12.6. The van der Waals surface area contributed by atoms with Crippen LogP contribution >= 0.6 is 0 Å². The van der Waals surface area contributed by atoms with E-state index in [1.807, 2.05) is 0 Å². The molecule has 0 aliphatic rings. The fourth-order valence-electron chi connectivity index (χ4n) is 2.09. The van der Waals surface area contributed by atoms with E-state index in [0.29, 0.717) is 25.9 Å². The normalized spacial score (nSPS) is 11.9. The molecule has 0 radical (unpaired) electrons. The van der Waals surface area contributed by atoms with Gasteiger partial charge in [0.25, 0.3) is 0 Å². The number of ether oxygens (including phenoxy) is 2. The first-order valence-corrected chi connectivity index (χ1v) is 7.39. The Morgan fingerprint density at radius 2 is 1.68 bits per heavy atom. The fraction of sp³-hybridized carbons (Fsp3) is 0.867. The number of carbonyl (C=O) groups is 2. The van der Waals surface area contributed by atoms with Crippen molar-refractivity contribution < 1.29 is 19.1 Å². The van der Waals surface area contributed by atoms with Gasteiger partial charge in [0, 0.05) is 6.42 Å². The molecule has 0 aromatic rings. The van der Waals surface area contributed by atoms with E-state index < -0.39 is 0 Å². The van der Waals surface area contributed by atoms with Crippen molar-refractivity contribution in [3.63, 3.8) is 0 Å². The number of methoxy groups -OCH3 is 1. The van der Waals surface area contributed by atoms with Gasteiger partial charge in [0.1, 0.15) is 0 Å². The first kappa shape index (κ1) is 17.9. The van der Waals surface area contributed by atoms with Gasteiger partial charge in [-0.15, -0.1) is 0 Å². The van der Waals surface area contributed by atoms with Crippen LogP contribution < -0.4 is 0 Å². The molecule has 0 aromatic carbocycles. The van der Waals surface area contributed by atoms with E-state index in [2.05, 4.69) is 6.92 Å². The summed E-state index contributed by atoms with van der Waals surface area (Å²) in [6, 6.07) is 0. The topological polar surface area (TPSA) is 52.6 Å². The van der Waals surface area contributed by atoms with Gasteiger partial charge >= 0.3 is 11.9 Å². The molecule has 0 bridgehead atoms. The molecule has 112 valence electrons. The second-order valence-corrected chi connectivity index (χ2v) is 4.77. The van der Waals surface area contributed by atoms with Crippen LogP contribution in [0.25, 0.3) is 0 Å². The number of esters is 2. The molecule has 19 heavy (non-hydrogen) atoms. The molecule has 4 heteroatoms. The van der Waals surface area contributed by atoms with E-state index in [4.69, 9.17) is 9.47 Å². The molecule has 1 unspecified atom stereocenters. The summed E-state index contributed by atoms with van der Waals surface area (Å²) in [5.74, 6) is -0.409. The maximum atomic E-state index is 11.6. The summed E-state index contributed by atoms with van der Waals surface area (Å²) >= 11 is 0. The average Bonchev–Trinajstić information content (AvgIpc) is 2.41. The first-order valence-electron chi connectivity index (χ1n) is 7.39. The summed E-state index contributed by atoms with van der Waals surface area (Å²) < 4.78 is 9.69. The average molecular weight is 272 g/mol. The second kappa shape index (κ2) is 12.0. The smallest absolute Gasteiger partial charge is 0.308 e. The summed E-state index contributed by atoms with van der Waals surface area (Å²) in [4.78, 5) is 22.9. The molecule has 0 rings (SSSR count). The Morgan fingerprint density at radius 1 is 1.00 bits per heavy atom. The SMILES string of the molecule is CCCCCCC(CCCC(=O)OCC)C(=O)OC. The minimum atomic E-state index is -0.183. The van der Waals surface area contributed by atoms with Crippen LogP contribution in [0.3, 0.4) is 0 Å². The number of carbonyl (C=O) groups excluding carboxylic acids is 2. The Labute approximate surface area is 116 Å². The van der Waals surface area contributed by atoms with E-state index in [0.717, 1.165) is 19.3 Å². The lowest BCUT2D eigenvalue weighted by Gasteiger charge is -2.14. The van der Waals surface area contributed by atoms with Crippen molar-refractivity contribution in [2.24, 2.45) is 5.92 Å². The number of hydrogen-bond donors (Lipinski definition) is 0. The molecular weight excluding hydrogens is 244 g/mol. The highest BCUT2D eigenvalue weighted by Gasteiger charge is 2.18. The molecule has 0 heterocycles. The monoisotopic (exact) mass is 272 g/mol. The van der Waals surface area contributed by atoms with Gasteiger partial charge in [-0.25, -0.2) is 0 Å². The van der Waals surface area contributed by atoms with Gasteiger partial charge in [-0.1, -0.05) is 32.6 Å². The van der Waals surface area contributed by atoms with Crippen LogP contribution in [0.1, 0.15) is 65.2 Å². The van der Waals surface area contributed by atoms with Crippen LogP contribution in [0.5, 0.6) is 0 Å². The molecular formula is C15H28O4. The lowest BCUT2D eigenvalue weighted by molar-refractivity contribution is -0.147. The minimum Gasteiger partial charge on any atom is -0.469 e. The Bertz CT molecular complexity index is 251. The van der Waals surface area contributed by atoms with Crippen molar-refractivity contribution in [1.29, 1.82) is 0 Å². The van der Waals surface area contributed by atoms with Gasteiger partial charge in [0.2, 0.25) is 0 Å². The van der Waals surface area contributed by atoms with Crippen molar-refractivity contribution >= 4 is 11.9 Å². The number of rotatable bonds is 11. The third-order valence-corrected chi connectivity index (χ3v) is 3.18. The van der Waals surface area contributed by atoms with Gasteiger partial charge < -0.3 is 9.47 Å². The number of hydrogen-bond acceptors (Lipinski definition) is 4. The van der Waals surface area contributed by atoms with Crippen LogP contribution in [0, 0.1) is 5.92 Å². The second-order valence-electron chi connectivity index (χ2n) is 4.77. The lowest BCUT2D eigenvalue weighted by Crippen LogP contribution is -2.17. The van der Waals surface area contributed by atoms with E-state index in [9.17, 15) is 9.59 Å². The van der Waals surface area contributed by atoms with Crippen LogP contribution in [-0.2, 0) is 19.1 Å². The van der Waals surface area contributed by atoms with Crippen molar-refractivity contribution in [3.8, 4) is 0 Å². The highest BCUT2D eigenvalue weighted by molar-refractivity contribution is 5.72. The third kappa shape index (κ3) is 9.51. The Hall–Kier alpha value is -1.06. The Morgan fingerprint density at radius 3 is 2.26 bits per heavy atom. The van der Waals surface area contributed by atoms with Crippen LogP contribution in [-0.4, -0.2) is 25.7 Å². The van der Waals surface area contributed by atoms with Crippen LogP contribution in [0.15, 0.2) is 0 Å². The molecule has 0 aliphatic heterocycles. The van der Waals surface area contributed by atoms with Crippen molar-refractivity contribution in [3.05, 3.63) is 0 Å². The molecule has 0 amide bonds. The van der Waals surface area contributed by atoms with Gasteiger partial charge in [-0.3, -0.25) is 9.59 Å². The van der Waals surface area contributed by atoms with E-state index in [1.165, 1.54) is 20.0 Å². The molecule has 0 saturated heterocycles. The summed E-state index contributed by atoms with van der Waals surface area (Å²) in [7, 11) is 1.42. The number of unbranched alkanes of at least 4 members (excludes halogenated alkanes) is 3. The minimum absolute atomic E-state index is 0.0729. The predicted octanol–water partition coefficient (Wildman–Crippen LogP) is 3.48. The maximum absolute atomic E-state index is 11.6. The van der Waals surface area contributed by atoms with E-state index in [-0.39, 0.29) is 17.9 Å². The highest BCUT2D eigenvalue weighted by Crippen LogP contribution is 2.19. The van der Waals surface area contributed by atoms with Crippen molar-refractivity contribution in [2.75, 3.05) is 13.7 Å². The van der Waals surface area contributed by atoms with Gasteiger partial charge in [0.15, 0.2) is 0 Å². The van der Waals surface area contributed by atoms with Gasteiger partial charge in [-0.05, 0) is 26.2 Å². The summed E-state index contributed by atoms with van der Waals surface area (Å²) in [6.07, 6.45) is 7.23. The van der Waals surface area contributed by atoms with Crippen LogP contribution in [0.2, 0.25) is 0 Å². The van der Waals surface area contributed by atoms with Gasteiger partial charge in [0.05, 0.1) is 19.6 Å². The molecule has 0 saturated carbocycles. The Kier molecular flexibility index (Phi) is 11.3. The lowest BCUT2D eigenvalue weighted by atomic mass is 9.95. The summed E-state index contributed by atoms with van der Waals surface area (Å²) in [5.41, 5.74) is 0. The standard InChI is InChI=1S/C15H28O4/c1-4-6-7-8-10-13(15(17)18-3)11-9-12-14(16)19-5-2/h13H,4-12H2,1-3H3. The van der Waals surface area contributed by atoms with Crippen molar-refractivity contribution in [2.45, 2.75) is 65.2 Å². The molecule has 4 nitrogen and oxygen atoms in total. The van der Waals surface area contributed by atoms with E-state index >= 15 is 0 Å². The largest absolute Gasteiger partial charge is 0.469 e. The summed E-state index contributed by atoms with van der Waals surface area (Å²) in [6.45, 7) is 4.37. The Balaban J connectivity index is 3.92. The zero-order valence-electron chi connectivity index (χ0n) is 12.6. The zero-order chi connectivity index (χ0) is 14.5. The third-order valence-electron chi connectivity index (χ3n) is 3.18. The molecule has 0 aliphatic carbocycles. The van der Waals surface area contributed by atoms with Gasteiger partial charge in [-0.2, -0.15) is 0 Å². The molecule has 0 aromatic heterocycles. The first-order chi connectivity index (χ1) is 9.15. The van der Waals surface area contributed by atoms with E-state index in [1.54, 1.807) is 6.92 Å². The molecule has 0 fully saturated rings. The molecule has 0 N–H and O–H groups in total. The highest BCUT2D eigenvalue weighted by atomic mass is 16.5. The maximum Gasteiger partial charge on any atom is 0.308 e. The predicted molar refractivity (Wildman–Crippen MR) is 74.7 cm³/mol. The fourth-order valence-corrected chi connectivity index (χ4v) is 2.09. The molecule has 1 atom stereocenters. The summed E-state index contributed by atoms with van der Waals surface area (Å²) in [5, 5.41) is 0.